The van der Waals surface area contributed by atoms with Crippen molar-refractivity contribution in [3.05, 3.63) is 17.2 Å². The molecular weight excluding hydrogens is 228 g/mol. The number of aromatic nitrogens is 2. The molecule has 16 heavy (non-hydrogen) atoms. The highest BCUT2D eigenvalue weighted by Gasteiger charge is 2.19. The zero-order valence-electron chi connectivity index (χ0n) is 9.70. The molecule has 1 atom stereocenters. The van der Waals surface area contributed by atoms with Gasteiger partial charge < -0.3 is 10.3 Å². The average Bonchev–Trinajstić information content (AvgIpc) is 2.48. The number of halogens is 1. The summed E-state index contributed by atoms with van der Waals surface area (Å²) in [7, 11) is 1.82. The summed E-state index contributed by atoms with van der Waals surface area (Å²) in [5.74, 6) is 0.570. The summed E-state index contributed by atoms with van der Waals surface area (Å²) in [6.07, 6.45) is 1.58. The standard InChI is InChI=1S/C10H17ClN4O/c1-6(2)9(10(12)16)14-5-8-13-4-7(11)15(8)3/h4,6,9,14H,5H2,1-3H3,(H2,12,16). The largest absolute Gasteiger partial charge is 0.368 e. The number of nitrogens with zero attached hydrogens (tertiary/aromatic N) is 2. The van der Waals surface area contributed by atoms with Crippen LogP contribution in [0.2, 0.25) is 5.15 Å². The first-order valence-electron chi connectivity index (χ1n) is 5.12. The Hall–Kier alpha value is -1.07. The second kappa shape index (κ2) is 5.32. The Morgan fingerprint density at radius 1 is 1.69 bits per heavy atom. The summed E-state index contributed by atoms with van der Waals surface area (Å²) >= 11 is 5.85. The molecule has 0 bridgehead atoms. The van der Waals surface area contributed by atoms with E-state index in [1.165, 1.54) is 0 Å². The van der Waals surface area contributed by atoms with Crippen molar-refractivity contribution < 1.29 is 4.79 Å². The van der Waals surface area contributed by atoms with Crippen LogP contribution in [0.15, 0.2) is 6.20 Å². The number of hydrogen-bond acceptors (Lipinski definition) is 3. The van der Waals surface area contributed by atoms with E-state index in [1.54, 1.807) is 10.8 Å². The maximum absolute atomic E-state index is 11.2. The van der Waals surface area contributed by atoms with E-state index in [2.05, 4.69) is 10.3 Å². The highest BCUT2D eigenvalue weighted by molar-refractivity contribution is 6.29. The molecule has 5 nitrogen and oxygen atoms in total. The van der Waals surface area contributed by atoms with E-state index in [9.17, 15) is 4.79 Å². The molecule has 1 aromatic heterocycles. The lowest BCUT2D eigenvalue weighted by molar-refractivity contribution is -0.121. The number of imidazole rings is 1. The van der Waals surface area contributed by atoms with Gasteiger partial charge in [-0.15, -0.1) is 0 Å². The van der Waals surface area contributed by atoms with Gasteiger partial charge in [-0.1, -0.05) is 25.4 Å². The van der Waals surface area contributed by atoms with Gasteiger partial charge in [0, 0.05) is 7.05 Å². The summed E-state index contributed by atoms with van der Waals surface area (Å²) in [5.41, 5.74) is 5.29. The number of carbonyl (C=O) groups excluding carboxylic acids is 1. The van der Waals surface area contributed by atoms with Gasteiger partial charge in [-0.25, -0.2) is 4.98 Å². The van der Waals surface area contributed by atoms with E-state index in [-0.39, 0.29) is 17.9 Å². The number of carbonyl (C=O) groups is 1. The lowest BCUT2D eigenvalue weighted by Crippen LogP contribution is -2.44. The van der Waals surface area contributed by atoms with Crippen LogP contribution in [0.25, 0.3) is 0 Å². The van der Waals surface area contributed by atoms with Crippen molar-refractivity contribution in [3.63, 3.8) is 0 Å². The number of rotatable bonds is 5. The third kappa shape index (κ3) is 2.96. The summed E-state index contributed by atoms with van der Waals surface area (Å²) in [5, 5.41) is 3.64. The lowest BCUT2D eigenvalue weighted by Gasteiger charge is -2.18. The second-order valence-electron chi connectivity index (χ2n) is 4.06. The normalized spacial score (nSPS) is 13.1. The summed E-state index contributed by atoms with van der Waals surface area (Å²) in [6.45, 7) is 4.34. The molecule has 0 aliphatic rings. The first-order chi connectivity index (χ1) is 7.43. The van der Waals surface area contributed by atoms with Gasteiger partial charge in [0.2, 0.25) is 5.91 Å². The Morgan fingerprint density at radius 3 is 2.69 bits per heavy atom. The zero-order valence-corrected chi connectivity index (χ0v) is 10.5. The minimum Gasteiger partial charge on any atom is -0.368 e. The molecule has 3 N–H and O–H groups in total. The fourth-order valence-corrected chi connectivity index (χ4v) is 1.60. The van der Waals surface area contributed by atoms with Crippen LogP contribution in [0.3, 0.4) is 0 Å². The number of hydrogen-bond donors (Lipinski definition) is 2. The minimum atomic E-state index is -0.352. The highest BCUT2D eigenvalue weighted by atomic mass is 35.5. The average molecular weight is 245 g/mol. The van der Waals surface area contributed by atoms with E-state index >= 15 is 0 Å². The topological polar surface area (TPSA) is 72.9 Å². The number of amides is 1. The molecule has 1 unspecified atom stereocenters. The molecule has 1 rings (SSSR count). The quantitative estimate of drug-likeness (QED) is 0.800. The Kier molecular flexibility index (Phi) is 4.32. The molecule has 0 radical (unpaired) electrons. The molecule has 1 amide bonds. The Bertz CT molecular complexity index is 375. The van der Waals surface area contributed by atoms with E-state index in [4.69, 9.17) is 17.3 Å². The summed E-state index contributed by atoms with van der Waals surface area (Å²) < 4.78 is 1.76. The smallest absolute Gasteiger partial charge is 0.234 e. The van der Waals surface area contributed by atoms with Crippen LogP contribution < -0.4 is 11.1 Å². The number of nitrogens with two attached hydrogens (primary N) is 1. The molecule has 0 saturated carbocycles. The van der Waals surface area contributed by atoms with Crippen molar-refractivity contribution >= 4 is 17.5 Å². The van der Waals surface area contributed by atoms with Crippen molar-refractivity contribution in [2.75, 3.05) is 0 Å². The third-order valence-electron chi connectivity index (χ3n) is 2.48. The van der Waals surface area contributed by atoms with E-state index in [0.717, 1.165) is 5.82 Å². The number of primary amides is 1. The van der Waals surface area contributed by atoms with E-state index < -0.39 is 0 Å². The molecular formula is C10H17ClN4O. The van der Waals surface area contributed by atoms with Crippen molar-refractivity contribution in [3.8, 4) is 0 Å². The van der Waals surface area contributed by atoms with Crippen LogP contribution in [0.1, 0.15) is 19.7 Å². The molecule has 6 heteroatoms. The molecule has 0 saturated heterocycles. The van der Waals surface area contributed by atoms with Gasteiger partial charge in [0.1, 0.15) is 11.0 Å². The summed E-state index contributed by atoms with van der Waals surface area (Å²) in [6, 6.07) is -0.351. The molecule has 0 aromatic carbocycles. The van der Waals surface area contributed by atoms with Crippen LogP contribution in [0.4, 0.5) is 0 Å². The number of nitrogens with one attached hydrogen (secondary N) is 1. The van der Waals surface area contributed by atoms with Gasteiger partial charge in [0.15, 0.2) is 0 Å². The first-order valence-corrected chi connectivity index (χ1v) is 5.50. The Balaban J connectivity index is 2.62. The minimum absolute atomic E-state index is 0.147. The molecule has 0 aliphatic carbocycles. The van der Waals surface area contributed by atoms with Crippen LogP contribution in [-0.2, 0) is 18.4 Å². The highest BCUT2D eigenvalue weighted by Crippen LogP contribution is 2.09. The predicted molar refractivity (Wildman–Crippen MR) is 62.9 cm³/mol. The maximum atomic E-state index is 11.2. The van der Waals surface area contributed by atoms with Crippen LogP contribution >= 0.6 is 11.6 Å². The fraction of sp³-hybridized carbons (Fsp3) is 0.600. The molecule has 0 aliphatic heterocycles. The van der Waals surface area contributed by atoms with Gasteiger partial charge in [0.05, 0.1) is 18.8 Å². The van der Waals surface area contributed by atoms with E-state index in [1.807, 2.05) is 20.9 Å². The van der Waals surface area contributed by atoms with E-state index in [0.29, 0.717) is 11.7 Å². The van der Waals surface area contributed by atoms with Gasteiger partial charge in [-0.2, -0.15) is 0 Å². The van der Waals surface area contributed by atoms with Gasteiger partial charge in [0.25, 0.3) is 0 Å². The van der Waals surface area contributed by atoms with Crippen molar-refractivity contribution in [2.24, 2.45) is 18.7 Å². The fourth-order valence-electron chi connectivity index (χ4n) is 1.45. The van der Waals surface area contributed by atoms with Crippen molar-refractivity contribution in [2.45, 2.75) is 26.4 Å². The van der Waals surface area contributed by atoms with Gasteiger partial charge in [-0.05, 0) is 5.92 Å². The maximum Gasteiger partial charge on any atom is 0.234 e. The predicted octanol–water partition coefficient (Wildman–Crippen LogP) is 0.673. The molecule has 0 fully saturated rings. The van der Waals surface area contributed by atoms with Crippen molar-refractivity contribution in [1.29, 1.82) is 0 Å². The van der Waals surface area contributed by atoms with Crippen LogP contribution in [-0.4, -0.2) is 21.5 Å². The second-order valence-corrected chi connectivity index (χ2v) is 4.45. The summed E-state index contributed by atoms with van der Waals surface area (Å²) in [4.78, 5) is 15.3. The molecule has 1 heterocycles. The molecule has 0 spiro atoms. The lowest BCUT2D eigenvalue weighted by atomic mass is 10.0. The molecule has 1 aromatic rings. The monoisotopic (exact) mass is 244 g/mol. The SMILES string of the molecule is CC(C)C(NCc1ncc(Cl)n1C)C(N)=O. The first kappa shape index (κ1) is 13.0. The van der Waals surface area contributed by atoms with Gasteiger partial charge >= 0.3 is 0 Å². The van der Waals surface area contributed by atoms with Gasteiger partial charge in [-0.3, -0.25) is 10.1 Å². The van der Waals surface area contributed by atoms with Crippen LogP contribution in [0, 0.1) is 5.92 Å². The Morgan fingerprint density at radius 2 is 2.31 bits per heavy atom. The Labute approximate surface area is 100.0 Å². The van der Waals surface area contributed by atoms with Crippen LogP contribution in [0.5, 0.6) is 0 Å². The van der Waals surface area contributed by atoms with Crippen molar-refractivity contribution in [1.82, 2.24) is 14.9 Å². The molecule has 90 valence electrons. The zero-order chi connectivity index (χ0) is 12.3. The third-order valence-corrected chi connectivity index (χ3v) is 2.83.